The van der Waals surface area contributed by atoms with Crippen LogP contribution >= 0.6 is 0 Å². The molecule has 3 aromatic carbocycles. The Hall–Kier alpha value is -3.34. The summed E-state index contributed by atoms with van der Waals surface area (Å²) in [7, 11) is 0. The minimum absolute atomic E-state index is 0. The molecule has 0 aliphatic heterocycles. The average molecular weight is 616 g/mol. The van der Waals surface area contributed by atoms with Crippen LogP contribution in [0.1, 0.15) is 25.0 Å². The molecule has 0 fully saturated rings. The number of ketones is 1. The number of furan rings is 1. The summed E-state index contributed by atoms with van der Waals surface area (Å²) in [5.74, 6) is -0.0625. The number of benzene rings is 3. The largest absolute Gasteiger partial charge is 0.512 e. The number of aliphatic hydroxyl groups excluding tert-OH is 1. The molecular weight excluding hydrogens is 593 g/mol. The molecule has 1 radical (unpaired) electrons. The number of carbonyl (C=O) groups is 1. The van der Waals surface area contributed by atoms with Crippen LogP contribution in [0.4, 0.5) is 0 Å². The summed E-state index contributed by atoms with van der Waals surface area (Å²) in [6, 6.07) is 20.1. The molecule has 0 bridgehead atoms. The standard InChI is InChI=1S/C22H15N2O.C5H8O2.Ir/c1-13-7-14(2)9-17(8-13)21-20-18-10-15-5-3-4-6-16(15)11-19(18)25-22(20)24-12-23-21;1-4(6)3-5(2)7;/h3-8,10-12H,1-2H3;3,6H,1-2H3;/q-1;;/b;4-3-;. The molecule has 0 aliphatic rings. The maximum atomic E-state index is 10.0. The zero-order chi connectivity index (χ0) is 22.8. The molecule has 0 atom stereocenters. The molecule has 0 saturated heterocycles. The van der Waals surface area contributed by atoms with Gasteiger partial charge in [0.1, 0.15) is 11.9 Å². The van der Waals surface area contributed by atoms with E-state index in [-0.39, 0.29) is 31.6 Å². The predicted octanol–water partition coefficient (Wildman–Crippen LogP) is 6.65. The molecular formula is C27H23IrN2O3-. The van der Waals surface area contributed by atoms with Crippen molar-refractivity contribution in [2.75, 3.05) is 0 Å². The van der Waals surface area contributed by atoms with Crippen LogP contribution < -0.4 is 0 Å². The maximum absolute atomic E-state index is 10.0. The van der Waals surface area contributed by atoms with Crippen molar-refractivity contribution in [3.05, 3.63) is 83.9 Å². The number of hydrogen-bond donors (Lipinski definition) is 1. The molecule has 33 heavy (non-hydrogen) atoms. The first-order chi connectivity index (χ1) is 15.3. The third kappa shape index (κ3) is 5.36. The fourth-order valence-electron chi connectivity index (χ4n) is 3.81. The fourth-order valence-corrected chi connectivity index (χ4v) is 3.81. The van der Waals surface area contributed by atoms with Crippen LogP contribution in [0.15, 0.2) is 71.1 Å². The first kappa shape index (κ1) is 24.3. The van der Waals surface area contributed by atoms with Crippen molar-refractivity contribution in [1.82, 2.24) is 9.97 Å². The Morgan fingerprint density at radius 1 is 1.03 bits per heavy atom. The zero-order valence-electron chi connectivity index (χ0n) is 18.8. The maximum Gasteiger partial charge on any atom is 0.221 e. The summed E-state index contributed by atoms with van der Waals surface area (Å²) in [5.41, 5.74) is 5.57. The van der Waals surface area contributed by atoms with Crippen molar-refractivity contribution in [2.45, 2.75) is 27.7 Å². The molecule has 0 unspecified atom stereocenters. The third-order valence-corrected chi connectivity index (χ3v) is 4.95. The van der Waals surface area contributed by atoms with Gasteiger partial charge in [0.25, 0.3) is 0 Å². The van der Waals surface area contributed by atoms with E-state index in [2.05, 4.69) is 66.3 Å². The van der Waals surface area contributed by atoms with E-state index in [4.69, 9.17) is 9.52 Å². The third-order valence-electron chi connectivity index (χ3n) is 4.95. The molecule has 0 amide bonds. The molecule has 2 heterocycles. The van der Waals surface area contributed by atoms with Gasteiger partial charge in [0.05, 0.1) is 5.76 Å². The van der Waals surface area contributed by atoms with Gasteiger partial charge in [-0.15, -0.1) is 34.9 Å². The van der Waals surface area contributed by atoms with E-state index in [9.17, 15) is 4.79 Å². The zero-order valence-corrected chi connectivity index (χ0v) is 21.2. The summed E-state index contributed by atoms with van der Waals surface area (Å²) >= 11 is 0. The second-order valence-corrected chi connectivity index (χ2v) is 7.85. The van der Waals surface area contributed by atoms with E-state index < -0.39 is 0 Å². The number of nitrogens with zero attached hydrogens (tertiary/aromatic N) is 2. The van der Waals surface area contributed by atoms with Gasteiger partial charge in [-0.1, -0.05) is 38.1 Å². The predicted molar refractivity (Wildman–Crippen MR) is 128 cm³/mol. The first-order valence-electron chi connectivity index (χ1n) is 10.3. The van der Waals surface area contributed by atoms with Crippen LogP contribution in [-0.2, 0) is 24.9 Å². The summed E-state index contributed by atoms with van der Waals surface area (Å²) in [6.07, 6.45) is 2.73. The minimum Gasteiger partial charge on any atom is -0.512 e. The molecule has 5 rings (SSSR count). The molecule has 0 aliphatic carbocycles. The van der Waals surface area contributed by atoms with E-state index in [1.54, 1.807) is 6.33 Å². The number of fused-ring (bicyclic) bond motifs is 4. The van der Waals surface area contributed by atoms with Crippen LogP contribution in [0.25, 0.3) is 44.1 Å². The Morgan fingerprint density at radius 3 is 2.33 bits per heavy atom. The molecule has 6 heteroatoms. The van der Waals surface area contributed by atoms with E-state index in [1.165, 1.54) is 30.9 Å². The van der Waals surface area contributed by atoms with E-state index in [0.29, 0.717) is 5.71 Å². The molecule has 5 nitrogen and oxygen atoms in total. The van der Waals surface area contributed by atoms with Gasteiger partial charge in [0.2, 0.25) is 5.71 Å². The smallest absolute Gasteiger partial charge is 0.221 e. The van der Waals surface area contributed by atoms with Crippen molar-refractivity contribution >= 4 is 38.6 Å². The average Bonchev–Trinajstić information content (AvgIpc) is 3.08. The fraction of sp³-hybridized carbons (Fsp3) is 0.148. The summed E-state index contributed by atoms with van der Waals surface area (Å²) < 4.78 is 6.02. The van der Waals surface area contributed by atoms with Gasteiger partial charge in [-0.05, 0) is 36.8 Å². The quantitative estimate of drug-likeness (QED) is 0.137. The Balaban J connectivity index is 0.000000337. The molecule has 2 aromatic heterocycles. The van der Waals surface area contributed by atoms with Crippen LogP contribution in [0.3, 0.4) is 0 Å². The summed E-state index contributed by atoms with van der Waals surface area (Å²) in [4.78, 5) is 18.9. The second-order valence-electron chi connectivity index (χ2n) is 7.85. The normalized spacial score (nSPS) is 11.2. The number of aliphatic hydroxyl groups is 1. The van der Waals surface area contributed by atoms with Gasteiger partial charge in [0.15, 0.2) is 5.78 Å². The number of rotatable bonds is 2. The number of hydrogen-bond acceptors (Lipinski definition) is 5. The van der Waals surface area contributed by atoms with Crippen LogP contribution in [0.5, 0.6) is 0 Å². The van der Waals surface area contributed by atoms with Crippen molar-refractivity contribution in [1.29, 1.82) is 0 Å². The van der Waals surface area contributed by atoms with Gasteiger partial charge in [-0.3, -0.25) is 9.78 Å². The van der Waals surface area contributed by atoms with Crippen molar-refractivity contribution in [3.63, 3.8) is 0 Å². The molecule has 1 N–H and O–H groups in total. The van der Waals surface area contributed by atoms with Gasteiger partial charge < -0.3 is 9.52 Å². The van der Waals surface area contributed by atoms with Gasteiger partial charge in [-0.25, -0.2) is 4.98 Å². The van der Waals surface area contributed by atoms with Crippen molar-refractivity contribution < 1.29 is 34.4 Å². The number of allylic oxidation sites excluding steroid dienone is 2. The van der Waals surface area contributed by atoms with Gasteiger partial charge in [-0.2, -0.15) is 0 Å². The van der Waals surface area contributed by atoms with Crippen LogP contribution in [0, 0.1) is 19.9 Å². The molecule has 0 saturated carbocycles. The second kappa shape index (κ2) is 10.1. The van der Waals surface area contributed by atoms with Gasteiger partial charge >= 0.3 is 0 Å². The van der Waals surface area contributed by atoms with E-state index >= 15 is 0 Å². The van der Waals surface area contributed by atoms with E-state index in [1.807, 2.05) is 12.1 Å². The van der Waals surface area contributed by atoms with Crippen LogP contribution in [-0.4, -0.2) is 20.9 Å². The minimum atomic E-state index is -0.125. The Labute approximate surface area is 205 Å². The van der Waals surface area contributed by atoms with Gasteiger partial charge in [0, 0.05) is 42.6 Å². The molecule has 169 valence electrons. The van der Waals surface area contributed by atoms with E-state index in [0.717, 1.165) is 38.6 Å². The summed E-state index contributed by atoms with van der Waals surface area (Å²) in [5, 5.41) is 12.7. The number of aromatic nitrogens is 2. The number of carbonyl (C=O) groups excluding carboxylic acids is 1. The SMILES string of the molecule is CC(=O)/C=C(/C)O.Cc1[c-]c(-c2ncnc3oc4cc5ccccc5cc4c23)cc(C)c1.[Ir]. The topological polar surface area (TPSA) is 76.2 Å². The van der Waals surface area contributed by atoms with Crippen LogP contribution in [0.2, 0.25) is 0 Å². The Bertz CT molecular complexity index is 1480. The van der Waals surface area contributed by atoms with Crippen molar-refractivity contribution in [2.24, 2.45) is 0 Å². The summed E-state index contributed by atoms with van der Waals surface area (Å²) in [6.45, 7) is 6.99. The molecule has 0 spiro atoms. The Morgan fingerprint density at radius 2 is 1.73 bits per heavy atom. The molecule has 5 aromatic rings. The van der Waals surface area contributed by atoms with Crippen molar-refractivity contribution in [3.8, 4) is 11.3 Å². The monoisotopic (exact) mass is 616 g/mol. The number of aryl methyl sites for hydroxylation is 2. The first-order valence-corrected chi connectivity index (χ1v) is 10.3. The Kier molecular flexibility index (Phi) is 7.42.